The number of amides is 3. The molecule has 3 heterocycles. The Labute approximate surface area is 228 Å². The second-order valence-corrected chi connectivity index (χ2v) is 10.2. The fourth-order valence-corrected chi connectivity index (χ4v) is 5.36. The topological polar surface area (TPSA) is 109 Å². The van der Waals surface area contributed by atoms with Gasteiger partial charge in [-0.3, -0.25) is 24.6 Å². The van der Waals surface area contributed by atoms with E-state index in [0.29, 0.717) is 37.0 Å². The molecule has 39 heavy (non-hydrogen) atoms. The molecule has 2 saturated heterocycles. The van der Waals surface area contributed by atoms with Crippen molar-refractivity contribution in [2.45, 2.75) is 44.6 Å². The third-order valence-electron chi connectivity index (χ3n) is 7.55. The third kappa shape index (κ3) is 6.47. The van der Waals surface area contributed by atoms with Gasteiger partial charge in [0.05, 0.1) is 26.4 Å². The Morgan fingerprint density at radius 2 is 1.92 bits per heavy atom. The maximum atomic E-state index is 13.0. The van der Waals surface area contributed by atoms with Crippen LogP contribution in [0.4, 0.5) is 0 Å². The Kier molecular flexibility index (Phi) is 8.88. The number of nitrogens with one attached hydrogen (secondary N) is 2. The van der Waals surface area contributed by atoms with Crippen LogP contribution >= 0.6 is 0 Å². The molecule has 0 aliphatic carbocycles. The van der Waals surface area contributed by atoms with Crippen molar-refractivity contribution in [3.8, 4) is 5.75 Å². The molecule has 0 spiro atoms. The first-order valence-electron chi connectivity index (χ1n) is 13.5. The lowest BCUT2D eigenvalue weighted by molar-refractivity contribution is -0.136. The Morgan fingerprint density at radius 3 is 2.72 bits per heavy atom. The van der Waals surface area contributed by atoms with Crippen molar-refractivity contribution in [2.24, 2.45) is 0 Å². The molecule has 1 unspecified atom stereocenters. The van der Waals surface area contributed by atoms with E-state index >= 15 is 0 Å². The first kappa shape index (κ1) is 27.3. The number of fused-ring (bicyclic) bond motifs is 1. The van der Waals surface area contributed by atoms with Gasteiger partial charge in [-0.05, 0) is 29.7 Å². The lowest BCUT2D eigenvalue weighted by Gasteiger charge is -2.35. The van der Waals surface area contributed by atoms with Crippen molar-refractivity contribution in [1.29, 1.82) is 0 Å². The number of methoxy groups -OCH3 is 1. The van der Waals surface area contributed by atoms with Gasteiger partial charge in [-0.1, -0.05) is 30.3 Å². The quantitative estimate of drug-likeness (QED) is 0.328. The number of hydrogen-bond acceptors (Lipinski definition) is 8. The van der Waals surface area contributed by atoms with Gasteiger partial charge in [0.15, 0.2) is 0 Å². The zero-order valence-corrected chi connectivity index (χ0v) is 22.3. The average Bonchev–Trinajstić information content (AvgIpc) is 3.28. The highest BCUT2D eigenvalue weighted by molar-refractivity contribution is 6.05. The number of rotatable bonds is 11. The van der Waals surface area contributed by atoms with Crippen molar-refractivity contribution >= 4 is 17.7 Å². The van der Waals surface area contributed by atoms with E-state index < -0.39 is 11.9 Å². The maximum Gasteiger partial charge on any atom is 0.255 e. The van der Waals surface area contributed by atoms with Crippen LogP contribution in [0.15, 0.2) is 42.5 Å². The van der Waals surface area contributed by atoms with Crippen LogP contribution in [0.2, 0.25) is 0 Å². The van der Waals surface area contributed by atoms with Crippen LogP contribution in [0.3, 0.4) is 0 Å². The first-order chi connectivity index (χ1) is 19.0. The number of carbonyl (C=O) groups excluding carboxylic acids is 3. The number of carbonyl (C=O) groups is 3. The fraction of sp³-hybridized carbons (Fsp3) is 0.483. The minimum atomic E-state index is -0.643. The molecule has 3 amide bonds. The predicted molar refractivity (Wildman–Crippen MR) is 143 cm³/mol. The molecule has 0 bridgehead atoms. The van der Waals surface area contributed by atoms with E-state index in [1.807, 2.05) is 6.07 Å². The van der Waals surface area contributed by atoms with E-state index in [2.05, 4.69) is 39.8 Å². The van der Waals surface area contributed by atoms with Crippen molar-refractivity contribution in [2.75, 3.05) is 46.6 Å². The minimum Gasteiger partial charge on any atom is -0.489 e. The van der Waals surface area contributed by atoms with Gasteiger partial charge in [-0.2, -0.15) is 0 Å². The van der Waals surface area contributed by atoms with Gasteiger partial charge in [0.2, 0.25) is 11.8 Å². The standard InChI is InChI=1S/C29H36N4O6/c1-37-13-11-30-15-22-19-38-14-12-32(22)16-20-5-7-21(8-6-20)18-39-26-4-2-3-23-24(26)17-33(29(23)36)25-9-10-27(34)31-28(25)35/h2-8,22,25,30H,9-19H2,1H3,(H,31,34,35)/t22?,25-/m0/s1. The van der Waals surface area contributed by atoms with Gasteiger partial charge in [0.1, 0.15) is 18.4 Å². The van der Waals surface area contributed by atoms with Gasteiger partial charge in [0.25, 0.3) is 5.91 Å². The second-order valence-electron chi connectivity index (χ2n) is 10.2. The number of morpholine rings is 1. The van der Waals surface area contributed by atoms with Crippen LogP contribution in [0, 0.1) is 0 Å². The monoisotopic (exact) mass is 536 g/mol. The van der Waals surface area contributed by atoms with Gasteiger partial charge < -0.3 is 24.4 Å². The summed E-state index contributed by atoms with van der Waals surface area (Å²) in [5.41, 5.74) is 3.58. The molecular formula is C29H36N4O6. The molecule has 2 N–H and O–H groups in total. The van der Waals surface area contributed by atoms with Crippen molar-refractivity contribution in [3.63, 3.8) is 0 Å². The highest BCUT2D eigenvalue weighted by Crippen LogP contribution is 2.34. The summed E-state index contributed by atoms with van der Waals surface area (Å²) in [4.78, 5) is 40.9. The summed E-state index contributed by atoms with van der Waals surface area (Å²) in [6, 6.07) is 13.5. The summed E-state index contributed by atoms with van der Waals surface area (Å²) < 4.78 is 17.0. The summed E-state index contributed by atoms with van der Waals surface area (Å²) in [7, 11) is 1.71. The molecule has 10 nitrogen and oxygen atoms in total. The van der Waals surface area contributed by atoms with Crippen LogP contribution in [0.25, 0.3) is 0 Å². The van der Waals surface area contributed by atoms with Crippen LogP contribution in [0.1, 0.15) is 39.9 Å². The SMILES string of the molecule is COCCNCC1COCCN1Cc1ccc(COc2cccc3c2CN([C@H]2CCC(=O)NC2=O)C3=O)cc1. The molecule has 208 valence electrons. The number of ether oxygens (including phenoxy) is 3. The molecule has 0 aromatic heterocycles. The van der Waals surface area contributed by atoms with E-state index in [1.54, 1.807) is 24.1 Å². The maximum absolute atomic E-state index is 13.0. The van der Waals surface area contributed by atoms with E-state index in [9.17, 15) is 14.4 Å². The Hall–Kier alpha value is -3.31. The molecule has 2 aromatic carbocycles. The molecule has 3 aliphatic rings. The molecule has 2 fully saturated rings. The third-order valence-corrected chi connectivity index (χ3v) is 7.55. The smallest absolute Gasteiger partial charge is 0.255 e. The molecule has 5 rings (SSSR count). The number of imide groups is 1. The molecular weight excluding hydrogens is 500 g/mol. The van der Waals surface area contributed by atoms with Gasteiger partial charge in [-0.15, -0.1) is 0 Å². The molecule has 0 saturated carbocycles. The lowest BCUT2D eigenvalue weighted by atomic mass is 10.0. The first-order valence-corrected chi connectivity index (χ1v) is 13.5. The van der Waals surface area contributed by atoms with Crippen LogP contribution in [-0.2, 0) is 38.8 Å². The Morgan fingerprint density at radius 1 is 1.10 bits per heavy atom. The van der Waals surface area contributed by atoms with Gasteiger partial charge >= 0.3 is 0 Å². The van der Waals surface area contributed by atoms with Crippen LogP contribution < -0.4 is 15.4 Å². The van der Waals surface area contributed by atoms with Crippen LogP contribution in [0.5, 0.6) is 5.75 Å². The Bertz CT molecular complexity index is 1190. The number of nitrogens with zero attached hydrogens (tertiary/aromatic N) is 2. The number of benzene rings is 2. The fourth-order valence-electron chi connectivity index (χ4n) is 5.36. The van der Waals surface area contributed by atoms with Crippen LogP contribution in [-0.4, -0.2) is 86.2 Å². The second kappa shape index (κ2) is 12.7. The zero-order valence-electron chi connectivity index (χ0n) is 22.3. The number of hydrogen-bond donors (Lipinski definition) is 2. The molecule has 3 aliphatic heterocycles. The highest BCUT2D eigenvalue weighted by Gasteiger charge is 2.40. The van der Waals surface area contributed by atoms with E-state index in [-0.39, 0.29) is 24.8 Å². The van der Waals surface area contributed by atoms with Gasteiger partial charge in [-0.25, -0.2) is 0 Å². The largest absolute Gasteiger partial charge is 0.489 e. The summed E-state index contributed by atoms with van der Waals surface area (Å²) in [6.45, 7) is 6.24. The zero-order chi connectivity index (χ0) is 27.2. The summed E-state index contributed by atoms with van der Waals surface area (Å²) in [5.74, 6) is -0.280. The van der Waals surface area contributed by atoms with E-state index in [1.165, 1.54) is 5.56 Å². The van der Waals surface area contributed by atoms with Gasteiger partial charge in [0, 0.05) is 56.9 Å². The van der Waals surface area contributed by atoms with E-state index in [4.69, 9.17) is 14.2 Å². The molecule has 2 aromatic rings. The summed E-state index contributed by atoms with van der Waals surface area (Å²) in [5, 5.41) is 5.78. The van der Waals surface area contributed by atoms with Crippen molar-refractivity contribution < 1.29 is 28.6 Å². The lowest BCUT2D eigenvalue weighted by Crippen LogP contribution is -2.52. The Balaban J connectivity index is 1.17. The summed E-state index contributed by atoms with van der Waals surface area (Å²) >= 11 is 0. The highest BCUT2D eigenvalue weighted by atomic mass is 16.5. The average molecular weight is 537 g/mol. The van der Waals surface area contributed by atoms with E-state index in [0.717, 1.165) is 50.5 Å². The van der Waals surface area contributed by atoms with Crippen molar-refractivity contribution in [3.05, 3.63) is 64.7 Å². The normalized spacial score (nSPS) is 21.7. The molecule has 2 atom stereocenters. The number of piperidine rings is 1. The molecule has 0 radical (unpaired) electrons. The molecule has 10 heteroatoms. The predicted octanol–water partition coefficient (Wildman–Crippen LogP) is 1.46. The van der Waals surface area contributed by atoms with Crippen molar-refractivity contribution in [1.82, 2.24) is 20.4 Å². The summed E-state index contributed by atoms with van der Waals surface area (Å²) in [6.07, 6.45) is 0.565. The minimum absolute atomic E-state index is 0.204.